The molecule has 4 aromatic rings. The van der Waals surface area contributed by atoms with Crippen molar-refractivity contribution in [3.05, 3.63) is 120 Å². The zero-order chi connectivity index (χ0) is 22.0. The van der Waals surface area contributed by atoms with E-state index in [1.54, 1.807) is 0 Å². The number of hydrogen-bond donors (Lipinski definition) is 1. The second kappa shape index (κ2) is 8.78. The van der Waals surface area contributed by atoms with E-state index >= 15 is 0 Å². The van der Waals surface area contributed by atoms with Crippen LogP contribution in [0.15, 0.2) is 103 Å². The number of hydrogen-bond acceptors (Lipinski definition) is 2. The first-order valence-electron chi connectivity index (χ1n) is 12.1. The van der Waals surface area contributed by atoms with Crippen molar-refractivity contribution < 1.29 is 4.74 Å². The quantitative estimate of drug-likeness (QED) is 0.250. The van der Waals surface area contributed by atoms with Crippen molar-refractivity contribution in [2.75, 3.05) is 11.9 Å². The molecule has 2 heteroatoms. The number of benzene rings is 4. The van der Waals surface area contributed by atoms with Gasteiger partial charge in [-0.1, -0.05) is 84.9 Å². The van der Waals surface area contributed by atoms with Gasteiger partial charge in [0.25, 0.3) is 0 Å². The minimum absolute atomic E-state index is 0.307. The lowest BCUT2D eigenvalue weighted by Crippen LogP contribution is -2.29. The highest BCUT2D eigenvalue weighted by atomic mass is 16.5. The molecule has 1 aliphatic heterocycles. The molecule has 0 saturated carbocycles. The smallest absolute Gasteiger partial charge is 0.119 e. The second-order valence-corrected chi connectivity index (χ2v) is 9.23. The van der Waals surface area contributed by atoms with E-state index in [1.165, 1.54) is 33.2 Å². The number of allylic oxidation sites excluding steroid dienone is 2. The van der Waals surface area contributed by atoms with Crippen LogP contribution in [0.2, 0.25) is 0 Å². The molecular weight excluding hydrogens is 402 g/mol. The molecule has 1 heterocycles. The molecule has 1 N–H and O–H groups in total. The molecule has 33 heavy (non-hydrogen) atoms. The molecule has 3 atom stereocenters. The van der Waals surface area contributed by atoms with Crippen LogP contribution < -0.4 is 10.1 Å². The van der Waals surface area contributed by atoms with Crippen LogP contribution in [0.3, 0.4) is 0 Å². The summed E-state index contributed by atoms with van der Waals surface area (Å²) in [4.78, 5) is 0. The van der Waals surface area contributed by atoms with E-state index in [4.69, 9.17) is 4.74 Å². The van der Waals surface area contributed by atoms with E-state index in [9.17, 15) is 0 Å². The lowest BCUT2D eigenvalue weighted by atomic mass is 9.76. The Morgan fingerprint density at radius 1 is 0.818 bits per heavy atom. The summed E-state index contributed by atoms with van der Waals surface area (Å²) in [6.07, 6.45) is 7.94. The topological polar surface area (TPSA) is 21.3 Å². The summed E-state index contributed by atoms with van der Waals surface area (Å²) in [5.41, 5.74) is 5.37. The highest BCUT2D eigenvalue weighted by molar-refractivity contribution is 5.86. The summed E-state index contributed by atoms with van der Waals surface area (Å²) >= 11 is 0. The van der Waals surface area contributed by atoms with Crippen molar-refractivity contribution in [3.8, 4) is 5.75 Å². The van der Waals surface area contributed by atoms with Gasteiger partial charge in [-0.2, -0.15) is 0 Å². The Morgan fingerprint density at radius 2 is 1.67 bits per heavy atom. The third-order valence-corrected chi connectivity index (χ3v) is 7.21. The van der Waals surface area contributed by atoms with Crippen molar-refractivity contribution in [1.82, 2.24) is 0 Å². The Morgan fingerprint density at radius 3 is 2.61 bits per heavy atom. The van der Waals surface area contributed by atoms with Crippen LogP contribution in [0.5, 0.6) is 5.75 Å². The molecular formula is C31H29NO. The third-order valence-electron chi connectivity index (χ3n) is 7.21. The summed E-state index contributed by atoms with van der Waals surface area (Å²) in [5, 5.41) is 6.56. The van der Waals surface area contributed by atoms with Crippen LogP contribution in [-0.2, 0) is 6.42 Å². The van der Waals surface area contributed by atoms with Gasteiger partial charge in [0.2, 0.25) is 0 Å². The van der Waals surface area contributed by atoms with Gasteiger partial charge in [0, 0.05) is 11.6 Å². The largest absolute Gasteiger partial charge is 0.494 e. The predicted molar refractivity (Wildman–Crippen MR) is 137 cm³/mol. The van der Waals surface area contributed by atoms with Crippen molar-refractivity contribution in [1.29, 1.82) is 0 Å². The summed E-state index contributed by atoms with van der Waals surface area (Å²) in [7, 11) is 0. The van der Waals surface area contributed by atoms with Gasteiger partial charge in [0.1, 0.15) is 5.75 Å². The van der Waals surface area contributed by atoms with Gasteiger partial charge in [-0.25, -0.2) is 0 Å². The van der Waals surface area contributed by atoms with Crippen molar-refractivity contribution in [3.63, 3.8) is 0 Å². The molecule has 0 fully saturated rings. The number of nitrogens with one attached hydrogen (secondary N) is 1. The first-order valence-corrected chi connectivity index (χ1v) is 12.1. The standard InChI is InChI=1S/C31H29NO/c1-2-9-22(10-3-1)11-8-20-33-24-18-19-30-29(21-24)26-15-7-17-28(26)31(32-30)27-16-6-13-23-12-4-5-14-25(23)27/h1-7,9-10,12-16,18-19,21,26,28,31-32H,8,11,17,20H2. The SMILES string of the molecule is C1=CC2c3cc(OCCCc4ccccc4)ccc3NC(c3cccc4ccccc34)C2C1. The number of ether oxygens (including phenoxy) is 1. The Hall–Kier alpha value is -3.52. The summed E-state index contributed by atoms with van der Waals surface area (Å²) in [5.74, 6) is 1.93. The fraction of sp³-hybridized carbons (Fsp3) is 0.226. The van der Waals surface area contributed by atoms with Crippen LogP contribution in [-0.4, -0.2) is 6.61 Å². The average molecular weight is 432 g/mol. The Kier molecular flexibility index (Phi) is 5.35. The zero-order valence-corrected chi connectivity index (χ0v) is 18.8. The lowest BCUT2D eigenvalue weighted by Gasteiger charge is -2.38. The van der Waals surface area contributed by atoms with Crippen LogP contribution in [0, 0.1) is 5.92 Å². The number of rotatable bonds is 6. The van der Waals surface area contributed by atoms with Crippen molar-refractivity contribution in [2.24, 2.45) is 5.92 Å². The molecule has 0 bridgehead atoms. The van der Waals surface area contributed by atoms with E-state index in [-0.39, 0.29) is 0 Å². The van der Waals surface area contributed by atoms with Crippen molar-refractivity contribution >= 4 is 16.5 Å². The van der Waals surface area contributed by atoms with E-state index in [2.05, 4.69) is 108 Å². The van der Waals surface area contributed by atoms with Crippen LogP contribution in [0.25, 0.3) is 10.8 Å². The minimum atomic E-state index is 0.307. The highest BCUT2D eigenvalue weighted by Crippen LogP contribution is 2.51. The molecule has 3 unspecified atom stereocenters. The van der Waals surface area contributed by atoms with Gasteiger partial charge in [0.05, 0.1) is 12.6 Å². The summed E-state index contributed by atoms with van der Waals surface area (Å²) in [6.45, 7) is 0.740. The molecule has 4 aromatic carbocycles. The van der Waals surface area contributed by atoms with E-state index in [1.807, 2.05) is 0 Å². The fourth-order valence-corrected chi connectivity index (χ4v) is 5.60. The van der Waals surface area contributed by atoms with Gasteiger partial charge >= 0.3 is 0 Å². The van der Waals surface area contributed by atoms with Crippen LogP contribution in [0.4, 0.5) is 5.69 Å². The summed E-state index contributed by atoms with van der Waals surface area (Å²) in [6, 6.07) is 33.0. The van der Waals surface area contributed by atoms with E-state index in [0.29, 0.717) is 17.9 Å². The number of fused-ring (bicyclic) bond motifs is 4. The molecule has 0 spiro atoms. The van der Waals surface area contributed by atoms with Gasteiger partial charge in [-0.05, 0) is 70.8 Å². The lowest BCUT2D eigenvalue weighted by molar-refractivity contribution is 0.310. The van der Waals surface area contributed by atoms with Crippen LogP contribution >= 0.6 is 0 Å². The Balaban J connectivity index is 1.22. The molecule has 0 amide bonds. The van der Waals surface area contributed by atoms with Gasteiger partial charge in [-0.15, -0.1) is 0 Å². The first kappa shape index (κ1) is 20.1. The van der Waals surface area contributed by atoms with Gasteiger partial charge in [-0.3, -0.25) is 0 Å². The van der Waals surface area contributed by atoms with Crippen LogP contribution in [0.1, 0.15) is 41.5 Å². The number of anilines is 1. The van der Waals surface area contributed by atoms with E-state index in [0.717, 1.165) is 31.6 Å². The average Bonchev–Trinajstić information content (AvgIpc) is 3.37. The predicted octanol–water partition coefficient (Wildman–Crippen LogP) is 7.68. The monoisotopic (exact) mass is 431 g/mol. The second-order valence-electron chi connectivity index (χ2n) is 9.23. The maximum Gasteiger partial charge on any atom is 0.119 e. The molecule has 2 aliphatic rings. The first-order chi connectivity index (χ1) is 16.4. The molecule has 1 aliphatic carbocycles. The Labute approximate surface area is 195 Å². The summed E-state index contributed by atoms with van der Waals surface area (Å²) < 4.78 is 6.16. The third kappa shape index (κ3) is 3.91. The fourth-order valence-electron chi connectivity index (χ4n) is 5.60. The molecule has 0 aromatic heterocycles. The minimum Gasteiger partial charge on any atom is -0.494 e. The molecule has 2 nitrogen and oxygen atoms in total. The van der Waals surface area contributed by atoms with Gasteiger partial charge in [0.15, 0.2) is 0 Å². The van der Waals surface area contributed by atoms with Crippen molar-refractivity contribution in [2.45, 2.75) is 31.2 Å². The Bertz CT molecular complexity index is 1290. The maximum atomic E-state index is 6.16. The highest BCUT2D eigenvalue weighted by Gasteiger charge is 2.38. The molecule has 164 valence electrons. The number of aryl methyl sites for hydroxylation is 1. The zero-order valence-electron chi connectivity index (χ0n) is 18.8. The molecule has 0 radical (unpaired) electrons. The van der Waals surface area contributed by atoms with E-state index < -0.39 is 0 Å². The molecule has 0 saturated heterocycles. The molecule has 6 rings (SSSR count). The van der Waals surface area contributed by atoms with Gasteiger partial charge < -0.3 is 10.1 Å². The normalized spacial score (nSPS) is 20.8. The maximum absolute atomic E-state index is 6.16.